The monoisotopic (exact) mass is 541 g/mol. The van der Waals surface area contributed by atoms with E-state index in [1.165, 1.54) is 35.2 Å². The molecule has 0 saturated heterocycles. The van der Waals surface area contributed by atoms with Crippen LogP contribution in [0.5, 0.6) is 0 Å². The summed E-state index contributed by atoms with van der Waals surface area (Å²) < 4.78 is 43.7. The van der Waals surface area contributed by atoms with Gasteiger partial charge in [-0.3, -0.25) is 4.79 Å². The van der Waals surface area contributed by atoms with Crippen LogP contribution in [0.15, 0.2) is 97.9 Å². The molecule has 0 bridgehead atoms. The molecular formula is C24H17BrFN3O4S. The fourth-order valence-corrected chi connectivity index (χ4v) is 5.65. The van der Waals surface area contributed by atoms with Crippen LogP contribution in [-0.4, -0.2) is 30.2 Å². The number of benzene rings is 3. The SMILES string of the molecule is O=C1C(C2=NS(=O)(=O)c3ccccc3N2)=C(O)[C@H](c2ccc(F)cc2)N1Cc1cccc(Br)c1. The maximum absolute atomic E-state index is 13.6. The van der Waals surface area contributed by atoms with Crippen molar-refractivity contribution in [1.29, 1.82) is 0 Å². The summed E-state index contributed by atoms with van der Waals surface area (Å²) in [5, 5.41) is 14.1. The molecule has 172 valence electrons. The summed E-state index contributed by atoms with van der Waals surface area (Å²) in [7, 11) is -4.09. The largest absolute Gasteiger partial charge is 0.509 e. The summed E-state index contributed by atoms with van der Waals surface area (Å²) >= 11 is 3.41. The van der Waals surface area contributed by atoms with E-state index in [-0.39, 0.29) is 34.3 Å². The average molecular weight is 542 g/mol. The lowest BCUT2D eigenvalue weighted by molar-refractivity contribution is -0.127. The van der Waals surface area contributed by atoms with Gasteiger partial charge in [0.15, 0.2) is 5.84 Å². The van der Waals surface area contributed by atoms with Crippen LogP contribution in [0.3, 0.4) is 0 Å². The van der Waals surface area contributed by atoms with E-state index in [1.54, 1.807) is 18.2 Å². The van der Waals surface area contributed by atoms with Gasteiger partial charge >= 0.3 is 0 Å². The Bertz CT molecular complexity index is 1490. The molecule has 0 spiro atoms. The lowest BCUT2D eigenvalue weighted by atomic mass is 10.0. The number of carbonyl (C=O) groups excluding carboxylic acids is 1. The third kappa shape index (κ3) is 3.88. The number of rotatable bonds is 4. The zero-order valence-corrected chi connectivity index (χ0v) is 19.8. The number of sulfonamides is 1. The van der Waals surface area contributed by atoms with Gasteiger partial charge in [-0.2, -0.15) is 8.42 Å². The fraction of sp³-hybridized carbons (Fsp3) is 0.0833. The second kappa shape index (κ2) is 8.37. The summed E-state index contributed by atoms with van der Waals surface area (Å²) in [6.07, 6.45) is 0. The van der Waals surface area contributed by atoms with Gasteiger partial charge in [-0.1, -0.05) is 52.3 Å². The molecule has 5 rings (SSSR count). The standard InChI is InChI=1S/C24H17BrFN3O4S/c25-16-5-3-4-14(12-16)13-29-21(15-8-10-17(26)11-9-15)22(30)20(24(29)31)23-27-18-6-1-2-7-19(18)34(32,33)28-23/h1-12,21,30H,13H2,(H,27,28)/t21-/m0/s1. The van der Waals surface area contributed by atoms with Crippen molar-refractivity contribution in [3.8, 4) is 0 Å². The summed E-state index contributed by atoms with van der Waals surface area (Å²) in [4.78, 5) is 15.0. The highest BCUT2D eigenvalue weighted by Crippen LogP contribution is 2.40. The zero-order valence-electron chi connectivity index (χ0n) is 17.4. The number of anilines is 1. The number of nitrogens with one attached hydrogen (secondary N) is 1. The van der Waals surface area contributed by atoms with Gasteiger partial charge in [-0.05, 0) is 47.5 Å². The first-order chi connectivity index (χ1) is 16.2. The van der Waals surface area contributed by atoms with Crippen LogP contribution in [-0.2, 0) is 21.4 Å². The summed E-state index contributed by atoms with van der Waals surface area (Å²) in [6.45, 7) is 0.116. The van der Waals surface area contributed by atoms with E-state index in [4.69, 9.17) is 0 Å². The number of amidine groups is 1. The molecule has 34 heavy (non-hydrogen) atoms. The molecule has 7 nitrogen and oxygen atoms in total. The highest BCUT2D eigenvalue weighted by Gasteiger charge is 2.44. The van der Waals surface area contributed by atoms with Crippen molar-refractivity contribution in [3.63, 3.8) is 0 Å². The number of nitrogens with zero attached hydrogens (tertiary/aromatic N) is 2. The van der Waals surface area contributed by atoms with Crippen LogP contribution in [0.2, 0.25) is 0 Å². The van der Waals surface area contributed by atoms with E-state index in [9.17, 15) is 22.7 Å². The van der Waals surface area contributed by atoms with E-state index >= 15 is 0 Å². The molecule has 0 unspecified atom stereocenters. The molecule has 0 fully saturated rings. The van der Waals surface area contributed by atoms with Crippen molar-refractivity contribution in [2.45, 2.75) is 17.5 Å². The smallest absolute Gasteiger partial charge is 0.286 e. The highest BCUT2D eigenvalue weighted by molar-refractivity contribution is 9.10. The second-order valence-corrected chi connectivity index (χ2v) is 10.3. The van der Waals surface area contributed by atoms with Gasteiger partial charge in [0.05, 0.1) is 5.69 Å². The first-order valence-electron chi connectivity index (χ1n) is 10.2. The molecule has 2 N–H and O–H groups in total. The zero-order chi connectivity index (χ0) is 24.0. The van der Waals surface area contributed by atoms with Crippen molar-refractivity contribution >= 4 is 43.4 Å². The Kier molecular flexibility index (Phi) is 5.49. The molecule has 10 heteroatoms. The van der Waals surface area contributed by atoms with Crippen molar-refractivity contribution in [3.05, 3.63) is 106 Å². The minimum atomic E-state index is -4.09. The van der Waals surface area contributed by atoms with Crippen molar-refractivity contribution in [1.82, 2.24) is 4.90 Å². The van der Waals surface area contributed by atoms with Gasteiger partial charge in [0, 0.05) is 11.0 Å². The lowest BCUT2D eigenvalue weighted by Crippen LogP contribution is -2.33. The van der Waals surface area contributed by atoms with Gasteiger partial charge in [0.1, 0.15) is 28.1 Å². The number of aliphatic hydroxyl groups is 1. The van der Waals surface area contributed by atoms with E-state index in [2.05, 4.69) is 25.6 Å². The molecule has 0 saturated carbocycles. The minimum Gasteiger partial charge on any atom is -0.509 e. The molecule has 0 aromatic heterocycles. The Morgan fingerprint density at radius 3 is 2.53 bits per heavy atom. The number of hydrogen-bond acceptors (Lipinski definition) is 5. The summed E-state index contributed by atoms with van der Waals surface area (Å²) in [5.41, 5.74) is 1.25. The third-order valence-electron chi connectivity index (χ3n) is 5.60. The number of fused-ring (bicyclic) bond motifs is 1. The number of aliphatic hydroxyl groups excluding tert-OH is 1. The first kappa shape index (κ1) is 22.3. The molecule has 2 aliphatic heterocycles. The Morgan fingerprint density at radius 2 is 1.79 bits per heavy atom. The minimum absolute atomic E-state index is 0.0228. The molecule has 0 radical (unpaired) electrons. The molecule has 0 aliphatic carbocycles. The van der Waals surface area contributed by atoms with Crippen molar-refractivity contribution in [2.75, 3.05) is 5.32 Å². The van der Waals surface area contributed by atoms with Crippen LogP contribution in [0, 0.1) is 5.82 Å². The third-order valence-corrected chi connectivity index (χ3v) is 7.42. The van der Waals surface area contributed by atoms with Crippen molar-refractivity contribution in [2.24, 2.45) is 4.40 Å². The van der Waals surface area contributed by atoms with Gasteiger partial charge in [0.2, 0.25) is 0 Å². The lowest BCUT2D eigenvalue weighted by Gasteiger charge is -2.26. The Hall–Kier alpha value is -3.50. The van der Waals surface area contributed by atoms with E-state index < -0.39 is 27.8 Å². The van der Waals surface area contributed by atoms with Gasteiger partial charge in [-0.15, -0.1) is 4.40 Å². The number of halogens is 2. The molecule has 3 aromatic carbocycles. The molecule has 2 aliphatic rings. The Balaban J connectivity index is 1.62. The van der Waals surface area contributed by atoms with Gasteiger partial charge in [0.25, 0.3) is 15.9 Å². The second-order valence-electron chi connectivity index (χ2n) is 7.81. The summed E-state index contributed by atoms with van der Waals surface area (Å²) in [6, 6.07) is 18.0. The molecule has 1 atom stereocenters. The normalized spacial score (nSPS) is 19.0. The highest BCUT2D eigenvalue weighted by atomic mass is 79.9. The Morgan fingerprint density at radius 1 is 1.06 bits per heavy atom. The number of amides is 1. The maximum atomic E-state index is 13.6. The van der Waals surface area contributed by atoms with Crippen LogP contribution < -0.4 is 5.32 Å². The van der Waals surface area contributed by atoms with Crippen LogP contribution >= 0.6 is 15.9 Å². The van der Waals surface area contributed by atoms with Crippen LogP contribution in [0.25, 0.3) is 0 Å². The van der Waals surface area contributed by atoms with Crippen LogP contribution in [0.4, 0.5) is 10.1 Å². The van der Waals surface area contributed by atoms with Crippen LogP contribution in [0.1, 0.15) is 17.2 Å². The topological polar surface area (TPSA) is 99.1 Å². The van der Waals surface area contributed by atoms with E-state index in [0.29, 0.717) is 5.56 Å². The molecular weight excluding hydrogens is 525 g/mol. The van der Waals surface area contributed by atoms with E-state index in [1.807, 2.05) is 24.3 Å². The van der Waals surface area contributed by atoms with Gasteiger partial charge in [-0.25, -0.2) is 4.39 Å². The quantitative estimate of drug-likeness (QED) is 0.498. The van der Waals surface area contributed by atoms with Crippen molar-refractivity contribution < 1.29 is 22.7 Å². The summed E-state index contributed by atoms with van der Waals surface area (Å²) in [5.74, 6) is -1.69. The molecule has 3 aromatic rings. The predicted molar refractivity (Wildman–Crippen MR) is 128 cm³/mol. The average Bonchev–Trinajstić information content (AvgIpc) is 3.03. The van der Waals surface area contributed by atoms with E-state index in [0.717, 1.165) is 10.0 Å². The molecule has 2 heterocycles. The number of hydrogen-bond donors (Lipinski definition) is 2. The number of carbonyl (C=O) groups is 1. The van der Waals surface area contributed by atoms with Gasteiger partial charge < -0.3 is 15.3 Å². The number of para-hydroxylation sites is 1. The predicted octanol–water partition coefficient (Wildman–Crippen LogP) is 4.70. The maximum Gasteiger partial charge on any atom is 0.286 e. The Labute approximate surface area is 203 Å². The first-order valence-corrected chi connectivity index (χ1v) is 12.4. The fourth-order valence-electron chi connectivity index (χ4n) is 4.08. The molecule has 1 amide bonds.